The first-order chi connectivity index (χ1) is 17.9. The average Bonchev–Trinajstić information content (AvgIpc) is 3.38. The lowest BCUT2D eigenvalue weighted by Gasteiger charge is -2.25. The Morgan fingerprint density at radius 2 is 1.70 bits per heavy atom. The molecule has 0 aromatic heterocycles. The van der Waals surface area contributed by atoms with Gasteiger partial charge >= 0.3 is 12.0 Å². The van der Waals surface area contributed by atoms with Crippen molar-refractivity contribution in [2.75, 3.05) is 37.5 Å². The van der Waals surface area contributed by atoms with Crippen molar-refractivity contribution in [3.05, 3.63) is 95.6 Å². The predicted molar refractivity (Wildman–Crippen MR) is 145 cm³/mol. The second-order valence-electron chi connectivity index (χ2n) is 9.00. The zero-order chi connectivity index (χ0) is 26.2. The zero-order valence-electron chi connectivity index (χ0n) is 21.4. The highest BCUT2D eigenvalue weighted by molar-refractivity contribution is 6.01. The topological polar surface area (TPSA) is 83.5 Å². The van der Waals surface area contributed by atoms with Crippen molar-refractivity contribution in [2.45, 2.75) is 26.0 Å². The highest BCUT2D eigenvalue weighted by Gasteiger charge is 2.27. The Bertz CT molecular complexity index is 1230. The van der Waals surface area contributed by atoms with Gasteiger partial charge in [0.15, 0.2) is 6.10 Å². The number of hydrogen-bond acceptors (Lipinski definition) is 6. The van der Waals surface area contributed by atoms with Gasteiger partial charge in [0.1, 0.15) is 0 Å². The Kier molecular flexibility index (Phi) is 8.40. The van der Waals surface area contributed by atoms with Crippen LogP contribution in [0.5, 0.6) is 0 Å². The number of ether oxygens (including phenoxy) is 1. The first-order valence-electron chi connectivity index (χ1n) is 12.3. The molecular weight excluding hydrogens is 468 g/mol. The molecule has 8 nitrogen and oxygen atoms in total. The largest absolute Gasteiger partial charge is 0.462 e. The maximum absolute atomic E-state index is 13.3. The molecular formula is C29H32N4O4. The summed E-state index contributed by atoms with van der Waals surface area (Å²) in [5, 5.41) is 7.24. The summed E-state index contributed by atoms with van der Waals surface area (Å²) in [6.45, 7) is 2.85. The van der Waals surface area contributed by atoms with Crippen LogP contribution in [0, 0.1) is 0 Å². The molecule has 1 aliphatic rings. The molecule has 0 saturated heterocycles. The van der Waals surface area contributed by atoms with E-state index in [1.165, 1.54) is 0 Å². The lowest BCUT2D eigenvalue weighted by atomic mass is 10.0. The van der Waals surface area contributed by atoms with Crippen molar-refractivity contribution < 1.29 is 19.2 Å². The van der Waals surface area contributed by atoms with Gasteiger partial charge in [-0.1, -0.05) is 47.6 Å². The van der Waals surface area contributed by atoms with Crippen LogP contribution in [0.15, 0.2) is 84.0 Å². The van der Waals surface area contributed by atoms with Gasteiger partial charge in [-0.3, -0.25) is 0 Å². The summed E-state index contributed by atoms with van der Waals surface area (Å²) in [5.41, 5.74) is 5.01. The van der Waals surface area contributed by atoms with Crippen LogP contribution in [0.2, 0.25) is 0 Å². The van der Waals surface area contributed by atoms with Crippen molar-refractivity contribution >= 4 is 29.1 Å². The van der Waals surface area contributed by atoms with E-state index < -0.39 is 5.97 Å². The monoisotopic (exact) mass is 500 g/mol. The van der Waals surface area contributed by atoms with Crippen LogP contribution in [0.4, 0.5) is 16.2 Å². The van der Waals surface area contributed by atoms with Crippen molar-refractivity contribution in [1.29, 1.82) is 0 Å². The number of carbonyl (C=O) groups excluding carboxylic acids is 2. The molecule has 0 unspecified atom stereocenters. The summed E-state index contributed by atoms with van der Waals surface area (Å²) in [7, 11) is 4.00. The standard InChI is InChI=1S/C29H32N4O4/c1-4-36-28(34)23-10-14-24(15-11-23)30-29(35)33(19-21-8-6-5-7-9-21)20-26-18-27(31-37-26)22-12-16-25(17-13-22)32(2)3/h5-17,26H,4,18-20H2,1-3H3,(H,30,35)/t26-/m0/s1. The van der Waals surface area contributed by atoms with Crippen molar-refractivity contribution in [1.82, 2.24) is 4.90 Å². The van der Waals surface area contributed by atoms with Gasteiger partial charge in [-0.2, -0.15) is 0 Å². The molecule has 3 aromatic carbocycles. The molecule has 0 spiro atoms. The van der Waals surface area contributed by atoms with Crippen LogP contribution in [0.1, 0.15) is 34.8 Å². The Balaban J connectivity index is 1.42. The van der Waals surface area contributed by atoms with E-state index in [-0.39, 0.29) is 12.1 Å². The van der Waals surface area contributed by atoms with Gasteiger partial charge in [0.2, 0.25) is 0 Å². The predicted octanol–water partition coefficient (Wildman–Crippen LogP) is 5.16. The normalized spacial score (nSPS) is 14.4. The smallest absolute Gasteiger partial charge is 0.338 e. The van der Waals surface area contributed by atoms with Crippen molar-refractivity contribution in [3.8, 4) is 0 Å². The minimum Gasteiger partial charge on any atom is -0.462 e. The molecule has 2 amide bonds. The van der Waals surface area contributed by atoms with Crippen LogP contribution in [0.25, 0.3) is 0 Å². The first-order valence-corrected chi connectivity index (χ1v) is 12.3. The van der Waals surface area contributed by atoms with E-state index in [9.17, 15) is 9.59 Å². The second kappa shape index (κ2) is 12.1. The highest BCUT2D eigenvalue weighted by Crippen LogP contribution is 2.21. The summed E-state index contributed by atoms with van der Waals surface area (Å²) >= 11 is 0. The molecule has 1 N–H and O–H groups in total. The summed E-state index contributed by atoms with van der Waals surface area (Å²) in [6.07, 6.45) is 0.345. The lowest BCUT2D eigenvalue weighted by Crippen LogP contribution is -2.40. The van der Waals surface area contributed by atoms with E-state index in [0.29, 0.717) is 37.4 Å². The van der Waals surface area contributed by atoms with E-state index in [2.05, 4.69) is 10.5 Å². The number of esters is 1. The number of carbonyl (C=O) groups is 2. The number of rotatable bonds is 9. The fraction of sp³-hybridized carbons (Fsp3) is 0.276. The molecule has 0 aliphatic carbocycles. The lowest BCUT2D eigenvalue weighted by molar-refractivity contribution is 0.0526. The Morgan fingerprint density at radius 3 is 2.35 bits per heavy atom. The molecule has 192 valence electrons. The summed E-state index contributed by atoms with van der Waals surface area (Å²) < 4.78 is 5.02. The molecule has 0 saturated carbocycles. The van der Waals surface area contributed by atoms with Crippen LogP contribution in [-0.2, 0) is 16.1 Å². The van der Waals surface area contributed by atoms with Crippen molar-refractivity contribution in [2.24, 2.45) is 5.16 Å². The summed E-state index contributed by atoms with van der Waals surface area (Å²) in [4.78, 5) is 34.7. The molecule has 8 heteroatoms. The number of amides is 2. The Morgan fingerprint density at radius 1 is 1.00 bits per heavy atom. The molecule has 4 rings (SSSR count). The number of nitrogens with zero attached hydrogens (tertiary/aromatic N) is 3. The molecule has 0 bridgehead atoms. The molecule has 0 fully saturated rings. The fourth-order valence-electron chi connectivity index (χ4n) is 4.02. The first kappa shape index (κ1) is 25.8. The van der Waals surface area contributed by atoms with E-state index in [1.54, 1.807) is 36.1 Å². The van der Waals surface area contributed by atoms with Gasteiger partial charge in [0, 0.05) is 38.4 Å². The molecule has 37 heavy (non-hydrogen) atoms. The van der Waals surface area contributed by atoms with Gasteiger partial charge in [-0.05, 0) is 54.4 Å². The molecule has 1 aliphatic heterocycles. The second-order valence-corrected chi connectivity index (χ2v) is 9.00. The Hall–Kier alpha value is -4.33. The maximum atomic E-state index is 13.3. The van der Waals surface area contributed by atoms with Crippen LogP contribution in [0.3, 0.4) is 0 Å². The third kappa shape index (κ3) is 6.88. The molecule has 1 heterocycles. The van der Waals surface area contributed by atoms with E-state index in [4.69, 9.17) is 9.57 Å². The average molecular weight is 501 g/mol. The molecule has 3 aromatic rings. The fourth-order valence-corrected chi connectivity index (χ4v) is 4.02. The highest BCUT2D eigenvalue weighted by atomic mass is 16.6. The number of urea groups is 1. The summed E-state index contributed by atoms with van der Waals surface area (Å²) in [6, 6.07) is 24.4. The minimum absolute atomic E-state index is 0.260. The van der Waals surface area contributed by atoms with Gasteiger partial charge < -0.3 is 24.7 Å². The number of benzene rings is 3. The maximum Gasteiger partial charge on any atom is 0.338 e. The molecule has 0 radical (unpaired) electrons. The zero-order valence-corrected chi connectivity index (χ0v) is 21.4. The van der Waals surface area contributed by atoms with Crippen LogP contribution in [-0.4, -0.2) is 56.0 Å². The Labute approximate surface area is 217 Å². The third-order valence-corrected chi connectivity index (χ3v) is 6.02. The van der Waals surface area contributed by atoms with Crippen LogP contribution < -0.4 is 10.2 Å². The summed E-state index contributed by atoms with van der Waals surface area (Å²) in [5.74, 6) is -0.392. The van der Waals surface area contributed by atoms with Crippen LogP contribution >= 0.6 is 0 Å². The van der Waals surface area contributed by atoms with Gasteiger partial charge in [-0.25, -0.2) is 9.59 Å². The third-order valence-electron chi connectivity index (χ3n) is 6.02. The van der Waals surface area contributed by atoms with Crippen molar-refractivity contribution in [3.63, 3.8) is 0 Å². The van der Waals surface area contributed by atoms with E-state index in [0.717, 1.165) is 22.5 Å². The van der Waals surface area contributed by atoms with E-state index >= 15 is 0 Å². The van der Waals surface area contributed by atoms with Gasteiger partial charge in [0.25, 0.3) is 0 Å². The van der Waals surface area contributed by atoms with E-state index in [1.807, 2.05) is 73.6 Å². The SMILES string of the molecule is CCOC(=O)c1ccc(NC(=O)N(Cc2ccccc2)C[C@@H]2CC(c3ccc(N(C)C)cc3)=NO2)cc1. The number of nitrogens with one attached hydrogen (secondary N) is 1. The number of hydrogen-bond donors (Lipinski definition) is 1. The van der Waals surface area contributed by atoms with Gasteiger partial charge in [0.05, 0.1) is 24.4 Å². The molecule has 1 atom stereocenters. The number of anilines is 2. The minimum atomic E-state index is -0.392. The number of oxime groups is 1. The van der Waals surface area contributed by atoms with Gasteiger partial charge in [-0.15, -0.1) is 0 Å². The quantitative estimate of drug-likeness (QED) is 0.411.